The highest BCUT2D eigenvalue weighted by Crippen LogP contribution is 2.11. The fourth-order valence-electron chi connectivity index (χ4n) is 1.18. The summed E-state index contributed by atoms with van der Waals surface area (Å²) in [5.74, 6) is 1.72. The van der Waals surface area contributed by atoms with E-state index in [1.807, 2.05) is 6.07 Å². The second-order valence-corrected chi connectivity index (χ2v) is 3.34. The fourth-order valence-corrected chi connectivity index (χ4v) is 1.18. The van der Waals surface area contributed by atoms with Crippen molar-refractivity contribution in [2.75, 3.05) is 43.2 Å². The Balaban J connectivity index is 2.58. The first kappa shape index (κ1) is 12.5. The molecule has 0 amide bonds. The van der Waals surface area contributed by atoms with Crippen LogP contribution in [0.3, 0.4) is 0 Å². The van der Waals surface area contributed by atoms with Gasteiger partial charge in [0.15, 0.2) is 0 Å². The molecule has 6 nitrogen and oxygen atoms in total. The second kappa shape index (κ2) is 6.84. The van der Waals surface area contributed by atoms with Crippen LogP contribution in [0.5, 0.6) is 0 Å². The van der Waals surface area contributed by atoms with Crippen molar-refractivity contribution < 1.29 is 4.74 Å². The molecular formula is C10H19N5O. The van der Waals surface area contributed by atoms with Crippen LogP contribution < -0.4 is 16.4 Å². The van der Waals surface area contributed by atoms with E-state index in [4.69, 9.17) is 10.5 Å². The van der Waals surface area contributed by atoms with E-state index in [-0.39, 0.29) is 5.95 Å². The maximum atomic E-state index is 5.60. The van der Waals surface area contributed by atoms with Crippen molar-refractivity contribution in [3.05, 3.63) is 6.07 Å². The number of aromatic nitrogens is 2. The van der Waals surface area contributed by atoms with Crippen LogP contribution in [0.1, 0.15) is 13.3 Å². The number of nitrogens with zero attached hydrogens (tertiary/aromatic N) is 2. The van der Waals surface area contributed by atoms with E-state index in [0.29, 0.717) is 19.0 Å². The van der Waals surface area contributed by atoms with Crippen LogP contribution >= 0.6 is 0 Å². The lowest BCUT2D eigenvalue weighted by molar-refractivity contribution is 0.210. The maximum absolute atomic E-state index is 5.60. The van der Waals surface area contributed by atoms with Crippen molar-refractivity contribution in [1.29, 1.82) is 0 Å². The largest absolute Gasteiger partial charge is 0.383 e. The first-order valence-electron chi connectivity index (χ1n) is 5.37. The average molecular weight is 225 g/mol. The molecule has 90 valence electrons. The number of nitrogens with two attached hydrogens (primary N) is 1. The van der Waals surface area contributed by atoms with Crippen LogP contribution in [0.15, 0.2) is 6.07 Å². The van der Waals surface area contributed by atoms with Crippen LogP contribution in [0.4, 0.5) is 17.6 Å². The molecule has 1 aromatic rings. The molecule has 0 bridgehead atoms. The topological polar surface area (TPSA) is 85.1 Å². The lowest BCUT2D eigenvalue weighted by atomic mass is 10.4. The van der Waals surface area contributed by atoms with Gasteiger partial charge in [-0.1, -0.05) is 6.92 Å². The van der Waals surface area contributed by atoms with Gasteiger partial charge in [-0.2, -0.15) is 9.97 Å². The minimum Gasteiger partial charge on any atom is -0.383 e. The highest BCUT2D eigenvalue weighted by atomic mass is 16.5. The van der Waals surface area contributed by atoms with Gasteiger partial charge in [0.25, 0.3) is 0 Å². The highest BCUT2D eigenvalue weighted by molar-refractivity contribution is 5.50. The van der Waals surface area contributed by atoms with E-state index in [1.165, 1.54) is 0 Å². The van der Waals surface area contributed by atoms with Crippen molar-refractivity contribution in [2.24, 2.45) is 0 Å². The Morgan fingerprint density at radius 2 is 1.88 bits per heavy atom. The number of nitrogens with one attached hydrogen (secondary N) is 2. The van der Waals surface area contributed by atoms with Gasteiger partial charge in [0.05, 0.1) is 6.61 Å². The van der Waals surface area contributed by atoms with E-state index in [9.17, 15) is 0 Å². The summed E-state index contributed by atoms with van der Waals surface area (Å²) in [4.78, 5) is 8.16. The molecule has 16 heavy (non-hydrogen) atoms. The number of hydrogen-bond donors (Lipinski definition) is 3. The molecule has 0 atom stereocenters. The fraction of sp³-hybridized carbons (Fsp3) is 0.600. The quantitative estimate of drug-likeness (QED) is 0.599. The first-order valence-corrected chi connectivity index (χ1v) is 5.37. The summed E-state index contributed by atoms with van der Waals surface area (Å²) in [7, 11) is 1.66. The lowest BCUT2D eigenvalue weighted by Gasteiger charge is -2.08. The number of hydrogen-bond acceptors (Lipinski definition) is 6. The van der Waals surface area contributed by atoms with Crippen molar-refractivity contribution in [1.82, 2.24) is 9.97 Å². The van der Waals surface area contributed by atoms with Crippen LogP contribution in [-0.2, 0) is 4.74 Å². The van der Waals surface area contributed by atoms with E-state index >= 15 is 0 Å². The molecule has 0 saturated carbocycles. The molecule has 1 rings (SSSR count). The number of anilines is 3. The van der Waals surface area contributed by atoms with Crippen LogP contribution in [-0.4, -0.2) is 36.8 Å². The minimum absolute atomic E-state index is 0.265. The Bertz CT molecular complexity index is 318. The Morgan fingerprint density at radius 1 is 1.25 bits per heavy atom. The van der Waals surface area contributed by atoms with Gasteiger partial charge in [-0.15, -0.1) is 0 Å². The molecular weight excluding hydrogens is 206 g/mol. The first-order chi connectivity index (χ1) is 7.76. The second-order valence-electron chi connectivity index (χ2n) is 3.34. The summed E-state index contributed by atoms with van der Waals surface area (Å²) in [5.41, 5.74) is 5.60. The molecule has 0 fully saturated rings. The van der Waals surface area contributed by atoms with Gasteiger partial charge in [-0.25, -0.2) is 0 Å². The van der Waals surface area contributed by atoms with Gasteiger partial charge in [-0.3, -0.25) is 0 Å². The third kappa shape index (κ3) is 4.31. The Hall–Kier alpha value is -1.56. The van der Waals surface area contributed by atoms with Gasteiger partial charge in [-0.05, 0) is 6.42 Å². The van der Waals surface area contributed by atoms with Gasteiger partial charge in [0.2, 0.25) is 5.95 Å². The molecule has 0 unspecified atom stereocenters. The predicted octanol–water partition coefficient (Wildman–Crippen LogP) is 0.939. The Morgan fingerprint density at radius 3 is 2.44 bits per heavy atom. The molecule has 0 aromatic carbocycles. The van der Waals surface area contributed by atoms with E-state index in [1.54, 1.807) is 7.11 Å². The third-order valence-corrected chi connectivity index (χ3v) is 1.91. The molecule has 6 heteroatoms. The molecule has 0 aliphatic rings. The molecule has 1 aromatic heterocycles. The smallest absolute Gasteiger partial charge is 0.223 e. The highest BCUT2D eigenvalue weighted by Gasteiger charge is 2.00. The van der Waals surface area contributed by atoms with Crippen molar-refractivity contribution in [2.45, 2.75) is 13.3 Å². The number of rotatable bonds is 7. The molecule has 0 aliphatic carbocycles. The van der Waals surface area contributed by atoms with Crippen molar-refractivity contribution in [3.8, 4) is 0 Å². The molecule has 1 heterocycles. The van der Waals surface area contributed by atoms with Crippen molar-refractivity contribution in [3.63, 3.8) is 0 Å². The van der Waals surface area contributed by atoms with Crippen LogP contribution in [0.25, 0.3) is 0 Å². The summed E-state index contributed by atoms with van der Waals surface area (Å²) < 4.78 is 4.94. The summed E-state index contributed by atoms with van der Waals surface area (Å²) >= 11 is 0. The summed E-state index contributed by atoms with van der Waals surface area (Å²) in [5, 5.41) is 6.27. The Kier molecular flexibility index (Phi) is 5.35. The van der Waals surface area contributed by atoms with Gasteiger partial charge in [0, 0.05) is 26.3 Å². The zero-order chi connectivity index (χ0) is 11.8. The SMILES string of the molecule is CCCNc1cc(NCCOC)nc(N)n1. The lowest BCUT2D eigenvalue weighted by Crippen LogP contribution is -2.11. The van der Waals surface area contributed by atoms with E-state index in [2.05, 4.69) is 27.5 Å². The zero-order valence-electron chi connectivity index (χ0n) is 9.79. The molecule has 0 aliphatic heterocycles. The van der Waals surface area contributed by atoms with Crippen LogP contribution in [0, 0.1) is 0 Å². The summed E-state index contributed by atoms with van der Waals surface area (Å²) in [6.07, 6.45) is 1.04. The van der Waals surface area contributed by atoms with Gasteiger partial charge in [0.1, 0.15) is 11.6 Å². The zero-order valence-corrected chi connectivity index (χ0v) is 9.79. The third-order valence-electron chi connectivity index (χ3n) is 1.91. The Labute approximate surface area is 95.6 Å². The van der Waals surface area contributed by atoms with Gasteiger partial charge >= 0.3 is 0 Å². The normalized spacial score (nSPS) is 10.1. The standard InChI is InChI=1S/C10H19N5O/c1-3-4-12-8-7-9(13-5-6-16-2)15-10(11)14-8/h7H,3-6H2,1-2H3,(H4,11,12,13,14,15). The van der Waals surface area contributed by atoms with E-state index in [0.717, 1.165) is 18.8 Å². The molecule has 0 radical (unpaired) electrons. The molecule has 4 N–H and O–H groups in total. The summed E-state index contributed by atoms with van der Waals surface area (Å²) in [6.45, 7) is 4.28. The molecule has 0 saturated heterocycles. The number of ether oxygens (including phenoxy) is 1. The van der Waals surface area contributed by atoms with Crippen LogP contribution in [0.2, 0.25) is 0 Å². The van der Waals surface area contributed by atoms with Crippen molar-refractivity contribution >= 4 is 17.6 Å². The minimum atomic E-state index is 0.265. The number of methoxy groups -OCH3 is 1. The average Bonchev–Trinajstić information content (AvgIpc) is 2.26. The predicted molar refractivity (Wildman–Crippen MR) is 65.6 cm³/mol. The number of nitrogen functional groups attached to an aromatic ring is 1. The summed E-state index contributed by atoms with van der Waals surface area (Å²) in [6, 6.07) is 1.84. The molecule has 0 spiro atoms. The maximum Gasteiger partial charge on any atom is 0.223 e. The van der Waals surface area contributed by atoms with E-state index < -0.39 is 0 Å². The van der Waals surface area contributed by atoms with Gasteiger partial charge < -0.3 is 21.1 Å². The monoisotopic (exact) mass is 225 g/mol.